The van der Waals surface area contributed by atoms with Gasteiger partial charge in [0, 0.05) is 18.4 Å². The van der Waals surface area contributed by atoms with Gasteiger partial charge in [0.2, 0.25) is 0 Å². The maximum Gasteiger partial charge on any atom is 0.302 e. The molecule has 1 aromatic rings. The highest BCUT2D eigenvalue weighted by atomic mass is 35.5. The molecule has 0 saturated carbocycles. The number of esters is 1. The van der Waals surface area contributed by atoms with Crippen LogP contribution in [0, 0.1) is 0 Å². The van der Waals surface area contributed by atoms with Crippen LogP contribution >= 0.6 is 11.6 Å². The highest BCUT2D eigenvalue weighted by Gasteiger charge is 2.09. The molecule has 1 aromatic carbocycles. The number of rotatable bonds is 5. The van der Waals surface area contributed by atoms with Gasteiger partial charge in [-0.3, -0.25) is 9.59 Å². The average molecular weight is 255 g/mol. The lowest BCUT2D eigenvalue weighted by Crippen LogP contribution is -2.08. The molecule has 0 spiro atoms. The minimum atomic E-state index is -0.286. The number of carbonyl (C=O) groups excluding carboxylic acids is 2. The molecule has 1 unspecified atom stereocenters. The Morgan fingerprint density at radius 2 is 1.88 bits per heavy atom. The molecule has 0 aliphatic rings. The van der Waals surface area contributed by atoms with E-state index in [-0.39, 0.29) is 23.6 Å². The van der Waals surface area contributed by atoms with Crippen molar-refractivity contribution < 1.29 is 14.3 Å². The van der Waals surface area contributed by atoms with Crippen LogP contribution in [0.1, 0.15) is 35.7 Å². The van der Waals surface area contributed by atoms with Crippen LogP contribution in [0.15, 0.2) is 24.3 Å². The first-order valence-corrected chi connectivity index (χ1v) is 5.90. The summed E-state index contributed by atoms with van der Waals surface area (Å²) < 4.78 is 4.93. The summed E-state index contributed by atoms with van der Waals surface area (Å²) in [4.78, 5) is 22.0. The van der Waals surface area contributed by atoms with Gasteiger partial charge < -0.3 is 4.74 Å². The normalized spacial score (nSPS) is 11.9. The Morgan fingerprint density at radius 1 is 1.29 bits per heavy atom. The summed E-state index contributed by atoms with van der Waals surface area (Å²) in [6.45, 7) is 3.69. The molecule has 0 amide bonds. The minimum absolute atomic E-state index is 0.0116. The fourth-order valence-corrected chi connectivity index (χ4v) is 1.57. The van der Waals surface area contributed by atoms with Crippen molar-refractivity contribution in [1.29, 1.82) is 0 Å². The second kappa shape index (κ2) is 6.40. The Bertz CT molecular complexity index is 398. The molecule has 92 valence electrons. The van der Waals surface area contributed by atoms with Crippen LogP contribution in [-0.4, -0.2) is 24.2 Å². The molecule has 1 rings (SSSR count). The number of halogens is 1. The van der Waals surface area contributed by atoms with Crippen LogP contribution in [-0.2, 0) is 9.53 Å². The van der Waals surface area contributed by atoms with Crippen molar-refractivity contribution in [3.8, 4) is 0 Å². The predicted octanol–water partition coefficient (Wildman–Crippen LogP) is 2.77. The van der Waals surface area contributed by atoms with Crippen molar-refractivity contribution in [2.75, 3.05) is 12.5 Å². The number of benzene rings is 1. The van der Waals surface area contributed by atoms with Crippen molar-refractivity contribution in [3.05, 3.63) is 35.4 Å². The molecule has 3 nitrogen and oxygen atoms in total. The lowest BCUT2D eigenvalue weighted by molar-refractivity contribution is -0.141. The summed E-state index contributed by atoms with van der Waals surface area (Å²) in [5.41, 5.74) is 1.63. The largest absolute Gasteiger partial charge is 0.465 e. The molecule has 0 saturated heterocycles. The Hall–Kier alpha value is -1.35. The van der Waals surface area contributed by atoms with E-state index < -0.39 is 0 Å². The second-order valence-electron chi connectivity index (χ2n) is 3.88. The predicted molar refractivity (Wildman–Crippen MR) is 66.5 cm³/mol. The molecule has 0 N–H and O–H groups in total. The van der Waals surface area contributed by atoms with Gasteiger partial charge in [-0.1, -0.05) is 31.2 Å². The van der Waals surface area contributed by atoms with Gasteiger partial charge in [-0.25, -0.2) is 0 Å². The maximum atomic E-state index is 11.3. The minimum Gasteiger partial charge on any atom is -0.465 e. The lowest BCUT2D eigenvalue weighted by Gasteiger charge is -2.11. The molecule has 0 fully saturated rings. The molecule has 0 bridgehead atoms. The van der Waals surface area contributed by atoms with Gasteiger partial charge >= 0.3 is 5.97 Å². The number of hydrogen-bond acceptors (Lipinski definition) is 3. The highest BCUT2D eigenvalue weighted by Crippen LogP contribution is 2.16. The van der Waals surface area contributed by atoms with Crippen LogP contribution in [0.4, 0.5) is 0 Å². The van der Waals surface area contributed by atoms with E-state index in [4.69, 9.17) is 16.3 Å². The zero-order chi connectivity index (χ0) is 12.8. The van der Waals surface area contributed by atoms with E-state index in [0.29, 0.717) is 12.2 Å². The summed E-state index contributed by atoms with van der Waals surface area (Å²) in [5, 5.41) is 0. The standard InChI is InChI=1S/C13H15ClO3/c1-9(8-17-10(2)15)11-3-5-12(6-4-11)13(16)7-14/h3-6,9H,7-8H2,1-2H3. The molecule has 17 heavy (non-hydrogen) atoms. The van der Waals surface area contributed by atoms with Crippen LogP contribution in [0.25, 0.3) is 0 Å². The van der Waals surface area contributed by atoms with Gasteiger partial charge in [0.25, 0.3) is 0 Å². The van der Waals surface area contributed by atoms with Gasteiger partial charge in [0.15, 0.2) is 5.78 Å². The summed E-state index contributed by atoms with van der Waals surface area (Å²) in [6, 6.07) is 7.19. The van der Waals surface area contributed by atoms with Gasteiger partial charge in [0.05, 0.1) is 12.5 Å². The Kier molecular flexibility index (Phi) is 5.16. The maximum absolute atomic E-state index is 11.3. The van der Waals surface area contributed by atoms with Crippen LogP contribution < -0.4 is 0 Å². The third-order valence-electron chi connectivity index (χ3n) is 2.46. The van der Waals surface area contributed by atoms with Crippen molar-refractivity contribution in [2.24, 2.45) is 0 Å². The van der Waals surface area contributed by atoms with Gasteiger partial charge in [-0.2, -0.15) is 0 Å². The quantitative estimate of drug-likeness (QED) is 0.461. The molecule has 0 aromatic heterocycles. The summed E-state index contributed by atoms with van der Waals surface area (Å²) in [6.07, 6.45) is 0. The molecule has 0 radical (unpaired) electrons. The molecular formula is C13H15ClO3. The Morgan fingerprint density at radius 3 is 2.35 bits per heavy atom. The van der Waals surface area contributed by atoms with E-state index >= 15 is 0 Å². The first kappa shape index (κ1) is 13.7. The zero-order valence-corrected chi connectivity index (χ0v) is 10.7. The summed E-state index contributed by atoms with van der Waals surface area (Å²) in [5.74, 6) is -0.279. The smallest absolute Gasteiger partial charge is 0.302 e. The zero-order valence-electron chi connectivity index (χ0n) is 9.90. The number of carbonyl (C=O) groups is 2. The fraction of sp³-hybridized carbons (Fsp3) is 0.385. The lowest BCUT2D eigenvalue weighted by atomic mass is 10.00. The number of ether oxygens (including phenoxy) is 1. The van der Waals surface area contributed by atoms with E-state index in [9.17, 15) is 9.59 Å². The molecular weight excluding hydrogens is 240 g/mol. The summed E-state index contributed by atoms with van der Waals surface area (Å²) in [7, 11) is 0. The summed E-state index contributed by atoms with van der Waals surface area (Å²) >= 11 is 5.47. The van der Waals surface area contributed by atoms with E-state index in [1.807, 2.05) is 19.1 Å². The number of hydrogen-bond donors (Lipinski definition) is 0. The fourth-order valence-electron chi connectivity index (χ4n) is 1.41. The molecule has 4 heteroatoms. The molecule has 0 aliphatic heterocycles. The molecule has 1 atom stereocenters. The van der Waals surface area contributed by atoms with Crippen molar-refractivity contribution >= 4 is 23.4 Å². The SMILES string of the molecule is CC(=O)OCC(C)c1ccc(C(=O)CCl)cc1. The first-order chi connectivity index (χ1) is 8.04. The molecule has 0 heterocycles. The van der Waals surface area contributed by atoms with Crippen molar-refractivity contribution in [2.45, 2.75) is 19.8 Å². The molecule has 0 aliphatic carbocycles. The Balaban J connectivity index is 2.66. The van der Waals surface area contributed by atoms with Crippen LogP contribution in [0.5, 0.6) is 0 Å². The van der Waals surface area contributed by atoms with E-state index in [1.165, 1.54) is 6.92 Å². The number of Topliss-reactive ketones (excluding diaryl/α,β-unsaturated/α-hetero) is 1. The van der Waals surface area contributed by atoms with Crippen LogP contribution in [0.2, 0.25) is 0 Å². The van der Waals surface area contributed by atoms with Gasteiger partial charge in [-0.05, 0) is 5.56 Å². The average Bonchev–Trinajstić information content (AvgIpc) is 2.35. The highest BCUT2D eigenvalue weighted by molar-refractivity contribution is 6.30. The third-order valence-corrected chi connectivity index (χ3v) is 2.70. The monoisotopic (exact) mass is 254 g/mol. The van der Waals surface area contributed by atoms with Crippen molar-refractivity contribution in [1.82, 2.24) is 0 Å². The third kappa shape index (κ3) is 4.19. The van der Waals surface area contributed by atoms with Crippen LogP contribution in [0.3, 0.4) is 0 Å². The first-order valence-electron chi connectivity index (χ1n) is 5.37. The Labute approximate surface area is 106 Å². The van der Waals surface area contributed by atoms with Gasteiger partial charge in [-0.15, -0.1) is 11.6 Å². The van der Waals surface area contributed by atoms with Gasteiger partial charge in [0.1, 0.15) is 0 Å². The number of alkyl halides is 1. The number of ketones is 1. The van der Waals surface area contributed by atoms with E-state index in [2.05, 4.69) is 0 Å². The van der Waals surface area contributed by atoms with E-state index in [0.717, 1.165) is 5.56 Å². The van der Waals surface area contributed by atoms with E-state index in [1.54, 1.807) is 12.1 Å². The topological polar surface area (TPSA) is 43.4 Å². The second-order valence-corrected chi connectivity index (χ2v) is 4.15. The van der Waals surface area contributed by atoms with Crippen molar-refractivity contribution in [3.63, 3.8) is 0 Å².